The number of rotatable bonds is 7. The Kier molecular flexibility index (Phi) is 6.59. The highest BCUT2D eigenvalue weighted by molar-refractivity contribution is 5.94. The summed E-state index contributed by atoms with van der Waals surface area (Å²) in [5.74, 6) is -1.84. The van der Waals surface area contributed by atoms with Gasteiger partial charge < -0.3 is 14.7 Å². The largest absolute Gasteiger partial charge is 0.471 e. The van der Waals surface area contributed by atoms with Gasteiger partial charge in [0.2, 0.25) is 5.82 Å². The van der Waals surface area contributed by atoms with E-state index in [0.29, 0.717) is 23.7 Å². The van der Waals surface area contributed by atoms with E-state index >= 15 is 0 Å². The average molecular weight is 384 g/mol. The molecule has 0 aliphatic rings. The van der Waals surface area contributed by atoms with Crippen LogP contribution in [0.15, 0.2) is 28.8 Å². The molecule has 9 heteroatoms. The van der Waals surface area contributed by atoms with Gasteiger partial charge in [0.25, 0.3) is 5.91 Å². The number of carbonyl (C=O) groups is 1. The normalized spacial score (nSPS) is 14.2. The van der Waals surface area contributed by atoms with Gasteiger partial charge in [-0.15, -0.1) is 0 Å². The van der Waals surface area contributed by atoms with E-state index in [9.17, 15) is 18.0 Å². The first-order chi connectivity index (χ1) is 12.6. The Labute approximate surface area is 155 Å². The first kappa shape index (κ1) is 20.9. The van der Waals surface area contributed by atoms with Crippen LogP contribution < -0.4 is 5.32 Å². The number of benzene rings is 1. The van der Waals surface area contributed by atoms with Gasteiger partial charge in [0.05, 0.1) is 0 Å². The zero-order chi connectivity index (χ0) is 20.2. The number of hydrogen-bond acceptors (Lipinski definition) is 5. The van der Waals surface area contributed by atoms with Crippen molar-refractivity contribution in [1.29, 1.82) is 0 Å². The van der Waals surface area contributed by atoms with Gasteiger partial charge in [0.1, 0.15) is 0 Å². The molecule has 1 heterocycles. The Hall–Kier alpha value is -2.42. The molecule has 0 radical (unpaired) electrons. The van der Waals surface area contributed by atoms with Gasteiger partial charge in [-0.1, -0.05) is 24.2 Å². The summed E-state index contributed by atoms with van der Waals surface area (Å²) in [5, 5.41) is 6.23. The van der Waals surface area contributed by atoms with Crippen LogP contribution in [0, 0.1) is 0 Å². The third kappa shape index (κ3) is 5.53. The van der Waals surface area contributed by atoms with Crippen LogP contribution in [0.4, 0.5) is 13.2 Å². The van der Waals surface area contributed by atoms with Crippen LogP contribution in [-0.4, -0.2) is 46.6 Å². The first-order valence-electron chi connectivity index (χ1n) is 8.64. The molecular formula is C18H23F3N4O2. The lowest BCUT2D eigenvalue weighted by Crippen LogP contribution is -2.43. The third-order valence-corrected chi connectivity index (χ3v) is 4.36. The molecule has 2 rings (SSSR count). The van der Waals surface area contributed by atoms with Crippen molar-refractivity contribution >= 4 is 5.91 Å². The Morgan fingerprint density at radius 3 is 2.41 bits per heavy atom. The summed E-state index contributed by atoms with van der Waals surface area (Å²) in [6.45, 7) is 6.85. The number of nitrogens with zero attached hydrogens (tertiary/aromatic N) is 3. The van der Waals surface area contributed by atoms with Crippen molar-refractivity contribution < 1.29 is 22.5 Å². The van der Waals surface area contributed by atoms with Crippen LogP contribution >= 0.6 is 0 Å². The quantitative estimate of drug-likeness (QED) is 0.790. The highest BCUT2D eigenvalue weighted by Crippen LogP contribution is 2.29. The number of carbonyl (C=O) groups excluding carboxylic acids is 1. The summed E-state index contributed by atoms with van der Waals surface area (Å²) in [7, 11) is 2.01. The van der Waals surface area contributed by atoms with Crippen molar-refractivity contribution in [1.82, 2.24) is 20.4 Å². The minimum atomic E-state index is -4.69. The fourth-order valence-corrected chi connectivity index (χ4v) is 2.50. The van der Waals surface area contributed by atoms with Crippen molar-refractivity contribution in [3.63, 3.8) is 0 Å². The van der Waals surface area contributed by atoms with Crippen LogP contribution in [0.5, 0.6) is 0 Å². The predicted octanol–water partition coefficient (Wildman–Crippen LogP) is 3.60. The molecule has 0 saturated heterocycles. The Balaban J connectivity index is 2.00. The van der Waals surface area contributed by atoms with E-state index in [0.717, 1.165) is 6.42 Å². The molecule has 27 heavy (non-hydrogen) atoms. The van der Waals surface area contributed by atoms with Gasteiger partial charge in [0.15, 0.2) is 0 Å². The summed E-state index contributed by atoms with van der Waals surface area (Å²) >= 11 is 0. The third-order valence-electron chi connectivity index (χ3n) is 4.36. The monoisotopic (exact) mass is 384 g/mol. The smallest absolute Gasteiger partial charge is 0.348 e. The van der Waals surface area contributed by atoms with Crippen molar-refractivity contribution in [2.24, 2.45) is 0 Å². The van der Waals surface area contributed by atoms with Crippen LogP contribution in [0.1, 0.15) is 43.4 Å². The minimum Gasteiger partial charge on any atom is -0.348 e. The van der Waals surface area contributed by atoms with E-state index in [1.54, 1.807) is 0 Å². The molecule has 2 aromatic rings. The molecule has 148 valence electrons. The number of likely N-dealkylation sites (N-methyl/N-ethyl adjacent to an activating group) is 1. The highest BCUT2D eigenvalue weighted by Gasteiger charge is 2.38. The standard InChI is InChI=1S/C18H23F3N4O2/c1-5-12(3)25(4)10-11(2)22-16(26)14-8-6-13(7-9-14)15-23-17(27-24-15)18(19,20)21/h6-9,11-12H,5,10H2,1-4H3,(H,22,26)/t11?,12-/m1/s1. The zero-order valence-electron chi connectivity index (χ0n) is 15.7. The summed E-state index contributed by atoms with van der Waals surface area (Å²) in [6, 6.07) is 6.35. The van der Waals surface area contributed by atoms with E-state index in [4.69, 9.17) is 0 Å². The molecule has 0 spiro atoms. The summed E-state index contributed by atoms with van der Waals surface area (Å²) in [4.78, 5) is 17.8. The van der Waals surface area contributed by atoms with Crippen LogP contribution in [0.2, 0.25) is 0 Å². The number of nitrogens with one attached hydrogen (secondary N) is 1. The number of hydrogen-bond donors (Lipinski definition) is 1. The maximum Gasteiger partial charge on any atom is 0.471 e. The topological polar surface area (TPSA) is 71.3 Å². The van der Waals surface area contributed by atoms with Crippen molar-refractivity contribution in [2.75, 3.05) is 13.6 Å². The summed E-state index contributed by atoms with van der Waals surface area (Å²) in [5.41, 5.74) is 0.728. The Bertz CT molecular complexity index is 759. The minimum absolute atomic E-state index is 0.0530. The van der Waals surface area contributed by atoms with E-state index in [1.807, 2.05) is 14.0 Å². The summed E-state index contributed by atoms with van der Waals surface area (Å²) < 4.78 is 41.8. The maximum absolute atomic E-state index is 12.5. The zero-order valence-corrected chi connectivity index (χ0v) is 15.7. The molecule has 0 fully saturated rings. The molecule has 1 aromatic carbocycles. The van der Waals surface area contributed by atoms with Crippen LogP contribution in [-0.2, 0) is 6.18 Å². The van der Waals surface area contributed by atoms with Crippen molar-refractivity contribution in [3.8, 4) is 11.4 Å². The van der Waals surface area contributed by atoms with E-state index in [1.165, 1.54) is 24.3 Å². The molecule has 0 aliphatic carbocycles. The molecule has 6 nitrogen and oxygen atoms in total. The van der Waals surface area contributed by atoms with E-state index in [-0.39, 0.29) is 17.8 Å². The van der Waals surface area contributed by atoms with Gasteiger partial charge in [-0.25, -0.2) is 0 Å². The molecule has 1 aromatic heterocycles. The van der Waals surface area contributed by atoms with Gasteiger partial charge in [-0.05, 0) is 39.4 Å². The van der Waals surface area contributed by atoms with Gasteiger partial charge in [0, 0.05) is 29.8 Å². The van der Waals surface area contributed by atoms with E-state index in [2.05, 4.69) is 38.7 Å². The van der Waals surface area contributed by atoms with Crippen molar-refractivity contribution in [2.45, 2.75) is 45.5 Å². The molecule has 0 saturated carbocycles. The van der Waals surface area contributed by atoms with Gasteiger partial charge in [-0.2, -0.15) is 18.2 Å². The fourth-order valence-electron chi connectivity index (χ4n) is 2.50. The maximum atomic E-state index is 12.5. The highest BCUT2D eigenvalue weighted by atomic mass is 19.4. The Morgan fingerprint density at radius 2 is 1.89 bits per heavy atom. The molecular weight excluding hydrogens is 361 g/mol. The fraction of sp³-hybridized carbons (Fsp3) is 0.500. The number of alkyl halides is 3. The molecule has 2 atom stereocenters. The second-order valence-corrected chi connectivity index (χ2v) is 6.57. The average Bonchev–Trinajstić information content (AvgIpc) is 3.11. The predicted molar refractivity (Wildman–Crippen MR) is 94.0 cm³/mol. The number of aromatic nitrogens is 2. The lowest BCUT2D eigenvalue weighted by Gasteiger charge is -2.27. The molecule has 1 N–H and O–H groups in total. The van der Waals surface area contributed by atoms with Crippen LogP contribution in [0.25, 0.3) is 11.4 Å². The second kappa shape index (κ2) is 8.51. The van der Waals surface area contributed by atoms with Crippen LogP contribution in [0.3, 0.4) is 0 Å². The summed E-state index contributed by atoms with van der Waals surface area (Å²) in [6.07, 6.45) is -3.67. The lowest BCUT2D eigenvalue weighted by molar-refractivity contribution is -0.159. The first-order valence-corrected chi connectivity index (χ1v) is 8.64. The van der Waals surface area contributed by atoms with Crippen molar-refractivity contribution in [3.05, 3.63) is 35.7 Å². The second-order valence-electron chi connectivity index (χ2n) is 6.57. The molecule has 0 aliphatic heterocycles. The number of halogens is 3. The van der Waals surface area contributed by atoms with Gasteiger partial charge in [-0.3, -0.25) is 4.79 Å². The van der Waals surface area contributed by atoms with Gasteiger partial charge >= 0.3 is 12.1 Å². The lowest BCUT2D eigenvalue weighted by atomic mass is 10.1. The Morgan fingerprint density at radius 1 is 1.26 bits per heavy atom. The SMILES string of the molecule is CC[C@@H](C)N(C)CC(C)NC(=O)c1ccc(-c2noc(C(F)(F)F)n2)cc1. The molecule has 1 unspecified atom stereocenters. The van der Waals surface area contributed by atoms with E-state index < -0.39 is 12.1 Å². The molecule has 0 bridgehead atoms. The number of amides is 1. The molecule has 1 amide bonds.